The van der Waals surface area contributed by atoms with E-state index in [0.717, 1.165) is 9.75 Å². The Kier molecular flexibility index (Phi) is 2.24. The maximum Gasteiger partial charge on any atom is 0.314 e. The molecule has 1 rings (SSSR count). The smallest absolute Gasteiger partial charge is 0.314 e. The number of aliphatic carboxylic acids is 1. The number of thiophene rings is 1. The molecule has 0 aliphatic carbocycles. The third-order valence-electron chi connectivity index (χ3n) is 1.89. The van der Waals surface area contributed by atoms with Crippen LogP contribution in [0, 0.1) is 6.92 Å². The molecule has 0 radical (unpaired) electrons. The molecule has 0 aliphatic rings. The molecule has 2 nitrogen and oxygen atoms in total. The lowest BCUT2D eigenvalue weighted by Gasteiger charge is -2.16. The van der Waals surface area contributed by atoms with Crippen LogP contribution in [0.1, 0.15) is 23.6 Å². The molecule has 0 saturated carbocycles. The number of hydrogen-bond donors (Lipinski definition) is 1. The average Bonchev–Trinajstić information content (AvgIpc) is 2.35. The number of rotatable bonds is 2. The van der Waals surface area contributed by atoms with Gasteiger partial charge in [0.25, 0.3) is 0 Å². The van der Waals surface area contributed by atoms with Crippen LogP contribution < -0.4 is 0 Å². The fourth-order valence-electron chi connectivity index (χ4n) is 0.876. The molecule has 0 atom stereocenters. The number of carboxylic acids is 1. The van der Waals surface area contributed by atoms with E-state index in [2.05, 4.69) is 0 Å². The third-order valence-corrected chi connectivity index (χ3v) is 3.22. The lowest BCUT2D eigenvalue weighted by Crippen LogP contribution is -2.27. The van der Waals surface area contributed by atoms with Crippen LogP contribution in [0.5, 0.6) is 0 Å². The summed E-state index contributed by atoms with van der Waals surface area (Å²) in [5.74, 6) is -0.774. The van der Waals surface area contributed by atoms with Crippen LogP contribution in [0.2, 0.25) is 0 Å². The van der Waals surface area contributed by atoms with Crippen molar-refractivity contribution in [2.24, 2.45) is 0 Å². The van der Waals surface area contributed by atoms with E-state index in [9.17, 15) is 4.79 Å². The molecular formula is C9H12O2S. The Morgan fingerprint density at radius 2 is 2.08 bits per heavy atom. The second kappa shape index (κ2) is 2.90. The van der Waals surface area contributed by atoms with Crippen molar-refractivity contribution < 1.29 is 9.90 Å². The van der Waals surface area contributed by atoms with Crippen molar-refractivity contribution in [1.29, 1.82) is 0 Å². The van der Waals surface area contributed by atoms with Gasteiger partial charge in [-0.2, -0.15) is 0 Å². The van der Waals surface area contributed by atoms with Crippen LogP contribution in [0.15, 0.2) is 12.1 Å². The molecule has 1 N–H and O–H groups in total. The highest BCUT2D eigenvalue weighted by atomic mass is 32.1. The molecule has 0 saturated heterocycles. The predicted octanol–water partition coefficient (Wildman–Crippen LogP) is 2.42. The molecule has 0 fully saturated rings. The normalized spacial score (nSPS) is 11.6. The van der Waals surface area contributed by atoms with Gasteiger partial charge in [0.1, 0.15) is 0 Å². The van der Waals surface area contributed by atoms with Crippen molar-refractivity contribution in [3.63, 3.8) is 0 Å². The molecule has 0 amide bonds. The second-order valence-electron chi connectivity index (χ2n) is 3.34. The summed E-state index contributed by atoms with van der Waals surface area (Å²) in [6.07, 6.45) is 0. The highest BCUT2D eigenvalue weighted by molar-refractivity contribution is 7.12. The molecule has 1 aromatic rings. The largest absolute Gasteiger partial charge is 0.481 e. The van der Waals surface area contributed by atoms with E-state index in [1.165, 1.54) is 0 Å². The van der Waals surface area contributed by atoms with Gasteiger partial charge in [0.2, 0.25) is 0 Å². The zero-order valence-corrected chi connectivity index (χ0v) is 8.23. The first-order valence-electron chi connectivity index (χ1n) is 3.75. The first-order chi connectivity index (χ1) is 5.44. The Morgan fingerprint density at radius 1 is 1.50 bits per heavy atom. The molecule has 66 valence electrons. The van der Waals surface area contributed by atoms with E-state index < -0.39 is 11.4 Å². The molecule has 1 aromatic heterocycles. The fraction of sp³-hybridized carbons (Fsp3) is 0.444. The summed E-state index contributed by atoms with van der Waals surface area (Å²) in [4.78, 5) is 12.9. The zero-order chi connectivity index (χ0) is 9.35. The van der Waals surface area contributed by atoms with Gasteiger partial charge in [-0.1, -0.05) is 0 Å². The summed E-state index contributed by atoms with van der Waals surface area (Å²) < 4.78 is 0. The monoisotopic (exact) mass is 184 g/mol. The predicted molar refractivity (Wildman–Crippen MR) is 49.7 cm³/mol. The quantitative estimate of drug-likeness (QED) is 0.766. The Balaban J connectivity index is 3.05. The van der Waals surface area contributed by atoms with Crippen molar-refractivity contribution in [3.8, 4) is 0 Å². The lowest BCUT2D eigenvalue weighted by atomic mass is 9.92. The summed E-state index contributed by atoms with van der Waals surface area (Å²) in [6.45, 7) is 5.42. The summed E-state index contributed by atoms with van der Waals surface area (Å²) in [5, 5.41) is 8.91. The van der Waals surface area contributed by atoms with Gasteiger partial charge < -0.3 is 5.11 Å². The molecule has 0 bridgehead atoms. The van der Waals surface area contributed by atoms with E-state index in [1.54, 1.807) is 25.2 Å². The summed E-state index contributed by atoms with van der Waals surface area (Å²) in [6, 6.07) is 3.83. The van der Waals surface area contributed by atoms with Crippen molar-refractivity contribution in [2.75, 3.05) is 0 Å². The first kappa shape index (κ1) is 9.26. The molecular weight excluding hydrogens is 172 g/mol. The molecule has 1 heterocycles. The maximum atomic E-state index is 10.8. The standard InChI is InChI=1S/C9H12O2S/c1-6-4-5-7(12-6)9(2,3)8(10)11/h4-5H,1-3H3,(H,10,11). The number of hydrogen-bond acceptors (Lipinski definition) is 2. The van der Waals surface area contributed by atoms with Gasteiger partial charge in [0, 0.05) is 9.75 Å². The molecule has 0 aliphatic heterocycles. The molecule has 3 heteroatoms. The highest BCUT2D eigenvalue weighted by Gasteiger charge is 2.30. The Labute approximate surface area is 75.9 Å². The number of aryl methyl sites for hydroxylation is 1. The first-order valence-corrected chi connectivity index (χ1v) is 4.56. The van der Waals surface area contributed by atoms with Crippen LogP contribution in [0.4, 0.5) is 0 Å². The van der Waals surface area contributed by atoms with Gasteiger partial charge in [-0.3, -0.25) is 4.79 Å². The molecule has 0 aromatic carbocycles. The van der Waals surface area contributed by atoms with Crippen LogP contribution in [0.25, 0.3) is 0 Å². The van der Waals surface area contributed by atoms with Crippen molar-refractivity contribution >= 4 is 17.3 Å². The Bertz CT molecular complexity index is 299. The highest BCUT2D eigenvalue weighted by Crippen LogP contribution is 2.29. The van der Waals surface area contributed by atoms with Gasteiger partial charge in [0.05, 0.1) is 5.41 Å². The fourth-order valence-corrected chi connectivity index (χ4v) is 1.84. The minimum atomic E-state index is -0.774. The SMILES string of the molecule is Cc1ccc(C(C)(C)C(=O)O)s1. The minimum absolute atomic E-state index is 0.751. The minimum Gasteiger partial charge on any atom is -0.481 e. The average molecular weight is 184 g/mol. The molecule has 12 heavy (non-hydrogen) atoms. The van der Waals surface area contributed by atoms with E-state index in [1.807, 2.05) is 19.1 Å². The van der Waals surface area contributed by atoms with Crippen molar-refractivity contribution in [1.82, 2.24) is 0 Å². The van der Waals surface area contributed by atoms with E-state index in [4.69, 9.17) is 5.11 Å². The Hall–Kier alpha value is -0.830. The van der Waals surface area contributed by atoms with Crippen molar-refractivity contribution in [3.05, 3.63) is 21.9 Å². The van der Waals surface area contributed by atoms with E-state index >= 15 is 0 Å². The molecule has 0 spiro atoms. The van der Waals surface area contributed by atoms with Crippen molar-refractivity contribution in [2.45, 2.75) is 26.2 Å². The van der Waals surface area contributed by atoms with Gasteiger partial charge >= 0.3 is 5.97 Å². The number of carboxylic acid groups (broad SMARTS) is 1. The summed E-state index contributed by atoms with van der Waals surface area (Å²) in [7, 11) is 0. The van der Waals surface area contributed by atoms with Crippen LogP contribution in [0.3, 0.4) is 0 Å². The van der Waals surface area contributed by atoms with Crippen LogP contribution in [-0.4, -0.2) is 11.1 Å². The zero-order valence-electron chi connectivity index (χ0n) is 7.42. The van der Waals surface area contributed by atoms with Gasteiger partial charge in [-0.05, 0) is 32.9 Å². The van der Waals surface area contributed by atoms with E-state index in [-0.39, 0.29) is 0 Å². The van der Waals surface area contributed by atoms with Gasteiger partial charge in [-0.15, -0.1) is 11.3 Å². The molecule has 0 unspecified atom stereocenters. The summed E-state index contributed by atoms with van der Waals surface area (Å²) in [5.41, 5.74) is -0.751. The second-order valence-corrected chi connectivity index (χ2v) is 4.63. The summed E-state index contributed by atoms with van der Waals surface area (Å²) >= 11 is 1.54. The Morgan fingerprint density at radius 3 is 2.42 bits per heavy atom. The van der Waals surface area contributed by atoms with Gasteiger partial charge in [0.15, 0.2) is 0 Å². The van der Waals surface area contributed by atoms with Crippen LogP contribution in [-0.2, 0) is 10.2 Å². The lowest BCUT2D eigenvalue weighted by molar-refractivity contribution is -0.142. The maximum absolute atomic E-state index is 10.8. The third kappa shape index (κ3) is 1.50. The van der Waals surface area contributed by atoms with Gasteiger partial charge in [-0.25, -0.2) is 0 Å². The number of carbonyl (C=O) groups is 1. The van der Waals surface area contributed by atoms with Crippen LogP contribution >= 0.6 is 11.3 Å². The van der Waals surface area contributed by atoms with E-state index in [0.29, 0.717) is 0 Å². The topological polar surface area (TPSA) is 37.3 Å².